The van der Waals surface area contributed by atoms with E-state index in [1.165, 1.54) is 25.3 Å². The van der Waals surface area contributed by atoms with Crippen molar-refractivity contribution in [2.75, 3.05) is 62.8 Å². The minimum absolute atomic E-state index is 0.250. The first-order valence-corrected chi connectivity index (χ1v) is 13.6. The molecule has 0 fully saturated rings. The molecule has 2 N–H and O–H groups in total. The van der Waals surface area contributed by atoms with Crippen molar-refractivity contribution in [1.29, 1.82) is 5.26 Å². The second-order valence-corrected chi connectivity index (χ2v) is 10.1. The first-order chi connectivity index (χ1) is 18.1. The van der Waals surface area contributed by atoms with Crippen molar-refractivity contribution < 1.29 is 31.6 Å². The molecule has 0 aliphatic carbocycles. The molecule has 1 atom stereocenters. The third-order valence-electron chi connectivity index (χ3n) is 5.76. The minimum atomic E-state index is -3.75. The van der Waals surface area contributed by atoms with Gasteiger partial charge in [0.05, 0.1) is 24.1 Å². The number of amides is 2. The van der Waals surface area contributed by atoms with Crippen LogP contribution in [0.1, 0.15) is 48.1 Å². The van der Waals surface area contributed by atoms with Crippen LogP contribution in [0.5, 0.6) is 0 Å². The lowest BCUT2D eigenvalue weighted by Crippen LogP contribution is -2.40. The number of aromatic nitrogens is 2. The molecule has 206 valence electrons. The number of methoxy groups -OCH3 is 3. The molecule has 0 aromatic carbocycles. The van der Waals surface area contributed by atoms with Gasteiger partial charge in [-0.3, -0.25) is 14.4 Å². The van der Waals surface area contributed by atoms with Gasteiger partial charge in [0, 0.05) is 52.2 Å². The van der Waals surface area contributed by atoms with E-state index in [4.69, 9.17) is 23.4 Å². The number of urea groups is 1. The van der Waals surface area contributed by atoms with Crippen molar-refractivity contribution >= 4 is 33.5 Å². The van der Waals surface area contributed by atoms with Crippen LogP contribution in [0, 0.1) is 11.3 Å². The SMILES string of the molecule is COCCNc1cc(NC(=O)N2CCCc3cc(C(C)OS(C)(=O)=O)c(C(OC)OC)nc32)ncc1C#N. The van der Waals surface area contributed by atoms with Gasteiger partial charge in [0.15, 0.2) is 0 Å². The number of carbonyl (C=O) groups is 1. The van der Waals surface area contributed by atoms with Crippen molar-refractivity contribution in [3.63, 3.8) is 0 Å². The number of carbonyl (C=O) groups excluding carboxylic acids is 1. The Labute approximate surface area is 222 Å². The van der Waals surface area contributed by atoms with Crippen molar-refractivity contribution in [2.24, 2.45) is 0 Å². The molecule has 3 heterocycles. The van der Waals surface area contributed by atoms with Gasteiger partial charge in [0.25, 0.3) is 10.1 Å². The van der Waals surface area contributed by atoms with Gasteiger partial charge in [-0.25, -0.2) is 14.8 Å². The van der Waals surface area contributed by atoms with Crippen molar-refractivity contribution in [1.82, 2.24) is 9.97 Å². The van der Waals surface area contributed by atoms with E-state index in [1.807, 2.05) is 0 Å². The molecule has 1 aliphatic heterocycles. The molecule has 1 unspecified atom stereocenters. The Balaban J connectivity index is 1.95. The van der Waals surface area contributed by atoms with E-state index in [2.05, 4.69) is 21.7 Å². The van der Waals surface area contributed by atoms with E-state index in [1.54, 1.807) is 26.2 Å². The van der Waals surface area contributed by atoms with E-state index in [0.29, 0.717) is 60.9 Å². The van der Waals surface area contributed by atoms with Gasteiger partial charge in [-0.1, -0.05) is 0 Å². The van der Waals surface area contributed by atoms with Crippen LogP contribution >= 0.6 is 0 Å². The van der Waals surface area contributed by atoms with Crippen LogP contribution in [0.3, 0.4) is 0 Å². The van der Waals surface area contributed by atoms with Gasteiger partial charge in [0.1, 0.15) is 29.5 Å². The number of anilines is 3. The summed E-state index contributed by atoms with van der Waals surface area (Å²) in [7, 11) is 0.689. The number of pyridine rings is 2. The van der Waals surface area contributed by atoms with Crippen molar-refractivity contribution in [3.05, 3.63) is 40.7 Å². The van der Waals surface area contributed by atoms with Crippen LogP contribution in [0.4, 0.5) is 22.1 Å². The van der Waals surface area contributed by atoms with Crippen molar-refractivity contribution in [3.8, 4) is 6.07 Å². The summed E-state index contributed by atoms with van der Waals surface area (Å²) in [6.07, 6.45) is 1.85. The standard InChI is InChI=1S/C24H32N6O7S/c1-15(37-38(5,32)33)18-11-16-7-6-9-30(22(16)29-21(18)23(35-3)36-4)24(31)28-20-12-19(26-8-10-34-2)17(13-25)14-27-20/h11-12,14-15,23H,6-10H2,1-5H3,(H2,26,27,28,31). The zero-order valence-corrected chi connectivity index (χ0v) is 22.8. The second-order valence-electron chi connectivity index (χ2n) is 8.52. The van der Waals surface area contributed by atoms with E-state index >= 15 is 0 Å². The Morgan fingerprint density at radius 1 is 1.26 bits per heavy atom. The lowest BCUT2D eigenvalue weighted by molar-refractivity contribution is -0.109. The number of ether oxygens (including phenoxy) is 3. The maximum Gasteiger partial charge on any atom is 0.328 e. The van der Waals surface area contributed by atoms with Gasteiger partial charge in [0.2, 0.25) is 6.29 Å². The largest absolute Gasteiger partial charge is 0.383 e. The number of fused-ring (bicyclic) bond motifs is 1. The van der Waals surface area contributed by atoms with Crippen LogP contribution in [0.15, 0.2) is 18.3 Å². The van der Waals surface area contributed by atoms with E-state index in [0.717, 1.165) is 11.8 Å². The minimum Gasteiger partial charge on any atom is -0.383 e. The molecule has 3 rings (SSSR count). The fraction of sp³-hybridized carbons (Fsp3) is 0.500. The molecule has 14 heteroatoms. The third kappa shape index (κ3) is 7.15. The van der Waals surface area contributed by atoms with Crippen LogP contribution in [-0.4, -0.2) is 71.7 Å². The molecule has 2 amide bonds. The van der Waals surface area contributed by atoms with E-state index < -0.39 is 28.5 Å². The molecule has 2 aromatic rings. The number of nitrogens with one attached hydrogen (secondary N) is 2. The number of hydrogen-bond donors (Lipinski definition) is 2. The van der Waals surface area contributed by atoms with E-state index in [9.17, 15) is 18.5 Å². The summed E-state index contributed by atoms with van der Waals surface area (Å²) in [5.41, 5.74) is 2.37. The van der Waals surface area contributed by atoms with Gasteiger partial charge < -0.3 is 19.5 Å². The normalized spacial score (nSPS) is 14.1. The zero-order chi connectivity index (χ0) is 27.9. The second kappa shape index (κ2) is 12.9. The number of hydrogen-bond acceptors (Lipinski definition) is 11. The maximum atomic E-state index is 13.3. The predicted octanol–water partition coefficient (Wildman–Crippen LogP) is 2.72. The van der Waals surface area contributed by atoms with Crippen LogP contribution in [0.25, 0.3) is 0 Å². The Hall–Kier alpha value is -3.35. The lowest BCUT2D eigenvalue weighted by Gasteiger charge is -2.31. The number of aryl methyl sites for hydroxylation is 1. The Morgan fingerprint density at radius 2 is 2.00 bits per heavy atom. The predicted molar refractivity (Wildman–Crippen MR) is 139 cm³/mol. The Morgan fingerprint density at radius 3 is 2.63 bits per heavy atom. The van der Waals surface area contributed by atoms with Crippen LogP contribution < -0.4 is 15.5 Å². The topological polar surface area (TPSA) is 165 Å². The number of nitrogens with zero attached hydrogens (tertiary/aromatic N) is 4. The summed E-state index contributed by atoms with van der Waals surface area (Å²) in [6.45, 7) is 2.89. The van der Waals surface area contributed by atoms with Gasteiger partial charge >= 0.3 is 6.03 Å². The quantitative estimate of drug-likeness (QED) is 0.241. The van der Waals surface area contributed by atoms with Crippen LogP contribution in [0.2, 0.25) is 0 Å². The monoisotopic (exact) mass is 548 g/mol. The fourth-order valence-electron chi connectivity index (χ4n) is 4.10. The summed E-state index contributed by atoms with van der Waals surface area (Å²) in [4.78, 5) is 23.7. The molecular formula is C24H32N6O7S. The lowest BCUT2D eigenvalue weighted by atomic mass is 9.99. The zero-order valence-electron chi connectivity index (χ0n) is 22.0. The third-order valence-corrected chi connectivity index (χ3v) is 6.40. The summed E-state index contributed by atoms with van der Waals surface area (Å²) in [5, 5.41) is 15.2. The first-order valence-electron chi connectivity index (χ1n) is 11.8. The highest BCUT2D eigenvalue weighted by Crippen LogP contribution is 2.35. The molecule has 1 aliphatic rings. The highest BCUT2D eigenvalue weighted by molar-refractivity contribution is 7.86. The molecule has 38 heavy (non-hydrogen) atoms. The molecule has 0 spiro atoms. The average Bonchev–Trinajstić information content (AvgIpc) is 2.88. The average molecular weight is 549 g/mol. The molecule has 13 nitrogen and oxygen atoms in total. The summed E-state index contributed by atoms with van der Waals surface area (Å²) in [5.74, 6) is 0.643. The summed E-state index contributed by atoms with van der Waals surface area (Å²) >= 11 is 0. The molecule has 0 radical (unpaired) electrons. The summed E-state index contributed by atoms with van der Waals surface area (Å²) in [6, 6.07) is 4.95. The number of rotatable bonds is 11. The molecule has 0 saturated heterocycles. The molecular weight excluding hydrogens is 516 g/mol. The van der Waals surface area contributed by atoms with Gasteiger partial charge in [-0.05, 0) is 31.4 Å². The van der Waals surface area contributed by atoms with Gasteiger partial charge in [-0.15, -0.1) is 0 Å². The Bertz CT molecular complexity index is 1290. The van der Waals surface area contributed by atoms with Crippen LogP contribution in [-0.2, 0) is 34.9 Å². The first kappa shape index (κ1) is 29.2. The van der Waals surface area contributed by atoms with E-state index in [-0.39, 0.29) is 5.82 Å². The Kier molecular flexibility index (Phi) is 9.95. The highest BCUT2D eigenvalue weighted by Gasteiger charge is 2.30. The van der Waals surface area contributed by atoms with Gasteiger partial charge in [-0.2, -0.15) is 13.7 Å². The molecule has 2 aromatic heterocycles. The van der Waals surface area contributed by atoms with Crippen molar-refractivity contribution in [2.45, 2.75) is 32.2 Å². The number of nitriles is 1. The molecule has 0 bridgehead atoms. The smallest absolute Gasteiger partial charge is 0.328 e. The molecule has 0 saturated carbocycles. The highest BCUT2D eigenvalue weighted by atomic mass is 32.2. The maximum absolute atomic E-state index is 13.3. The summed E-state index contributed by atoms with van der Waals surface area (Å²) < 4.78 is 44.6. The fourth-order valence-corrected chi connectivity index (χ4v) is 4.73.